The second kappa shape index (κ2) is 13.9. The first kappa shape index (κ1) is 36.5. The zero-order valence-corrected chi connectivity index (χ0v) is 35.6. The lowest BCUT2D eigenvalue weighted by molar-refractivity contribution is 0.660. The smallest absolute Gasteiger partial charge is 0.143 e. The van der Waals surface area contributed by atoms with Gasteiger partial charge in [-0.2, -0.15) is 0 Å². The average molecular weight is 819 g/mol. The first-order valence-electron chi connectivity index (χ1n) is 22.2. The van der Waals surface area contributed by atoms with Crippen LogP contribution in [-0.2, 0) is 5.41 Å². The molecular formula is C61H42N2O. The predicted octanol–water partition coefficient (Wildman–Crippen LogP) is 16.9. The van der Waals surface area contributed by atoms with Crippen LogP contribution in [0.25, 0.3) is 93.6 Å². The largest absolute Gasteiger partial charge is 0.455 e. The van der Waals surface area contributed by atoms with Crippen molar-refractivity contribution in [2.45, 2.75) is 19.3 Å². The maximum atomic E-state index is 6.76. The summed E-state index contributed by atoms with van der Waals surface area (Å²) in [6.45, 7) is 4.70. The highest BCUT2D eigenvalue weighted by Gasteiger charge is 2.35. The average Bonchev–Trinajstić information content (AvgIpc) is 3.98. The number of anilines is 3. The molecule has 0 saturated heterocycles. The third-order valence-electron chi connectivity index (χ3n) is 13.8. The highest BCUT2D eigenvalue weighted by atomic mass is 16.3. The molecule has 12 aromatic rings. The van der Waals surface area contributed by atoms with E-state index < -0.39 is 0 Å². The normalized spacial score (nSPS) is 13.0. The molecule has 1 aliphatic carbocycles. The van der Waals surface area contributed by atoms with Crippen LogP contribution in [0.15, 0.2) is 223 Å². The SMILES string of the molecule is CC1(C)c2ccccc2-c2ccc(N(c3ccc(-c4cccc(-n5c6ccccc6c6ccccc65)c4)cc3)c3ccc(-c4cccc5c4oc4c6ccccc6ccc54)cc3)cc21. The van der Waals surface area contributed by atoms with E-state index in [0.29, 0.717) is 0 Å². The molecular weight excluding hydrogens is 777 g/mol. The Labute approximate surface area is 371 Å². The van der Waals surface area contributed by atoms with Gasteiger partial charge in [0.15, 0.2) is 0 Å². The number of furan rings is 1. The number of fused-ring (bicyclic) bond motifs is 11. The topological polar surface area (TPSA) is 21.3 Å². The van der Waals surface area contributed by atoms with Crippen molar-refractivity contribution in [1.82, 2.24) is 4.57 Å². The van der Waals surface area contributed by atoms with Crippen LogP contribution in [0.2, 0.25) is 0 Å². The van der Waals surface area contributed by atoms with Crippen LogP contribution >= 0.6 is 0 Å². The van der Waals surface area contributed by atoms with Gasteiger partial charge in [-0.15, -0.1) is 0 Å². The maximum Gasteiger partial charge on any atom is 0.143 e. The van der Waals surface area contributed by atoms with Gasteiger partial charge >= 0.3 is 0 Å². The van der Waals surface area contributed by atoms with Crippen LogP contribution in [0.3, 0.4) is 0 Å². The van der Waals surface area contributed by atoms with Crippen molar-refractivity contribution >= 4 is 71.6 Å². The minimum absolute atomic E-state index is 0.126. The molecule has 2 heterocycles. The van der Waals surface area contributed by atoms with Crippen molar-refractivity contribution in [2.75, 3.05) is 4.90 Å². The predicted molar refractivity (Wildman–Crippen MR) is 269 cm³/mol. The van der Waals surface area contributed by atoms with Crippen LogP contribution in [0.5, 0.6) is 0 Å². The minimum atomic E-state index is -0.126. The van der Waals surface area contributed by atoms with E-state index in [1.54, 1.807) is 0 Å². The molecule has 0 radical (unpaired) electrons. The number of aromatic nitrogens is 1. The summed E-state index contributed by atoms with van der Waals surface area (Å²) in [7, 11) is 0. The van der Waals surface area contributed by atoms with Crippen molar-refractivity contribution in [3.05, 3.63) is 230 Å². The summed E-state index contributed by atoms with van der Waals surface area (Å²) >= 11 is 0. The van der Waals surface area contributed by atoms with Gasteiger partial charge in [0.2, 0.25) is 0 Å². The second-order valence-corrected chi connectivity index (χ2v) is 17.7. The molecule has 0 aliphatic heterocycles. The van der Waals surface area contributed by atoms with E-state index in [1.165, 1.54) is 60.6 Å². The molecule has 0 spiro atoms. The van der Waals surface area contributed by atoms with Crippen LogP contribution in [-0.4, -0.2) is 4.57 Å². The summed E-state index contributed by atoms with van der Waals surface area (Å²) in [6.07, 6.45) is 0. The van der Waals surface area contributed by atoms with Gasteiger partial charge in [0.1, 0.15) is 11.2 Å². The molecule has 3 nitrogen and oxygen atoms in total. The third-order valence-corrected chi connectivity index (χ3v) is 13.8. The van der Waals surface area contributed by atoms with Gasteiger partial charge in [-0.1, -0.05) is 166 Å². The van der Waals surface area contributed by atoms with Crippen LogP contribution < -0.4 is 4.90 Å². The monoisotopic (exact) mass is 818 g/mol. The quantitative estimate of drug-likeness (QED) is 0.167. The summed E-state index contributed by atoms with van der Waals surface area (Å²) in [5, 5.41) is 7.11. The van der Waals surface area contributed by atoms with Gasteiger partial charge in [0.25, 0.3) is 0 Å². The zero-order valence-electron chi connectivity index (χ0n) is 35.6. The van der Waals surface area contributed by atoms with Crippen molar-refractivity contribution in [3.63, 3.8) is 0 Å². The molecule has 13 rings (SSSR count). The summed E-state index contributed by atoms with van der Waals surface area (Å²) in [5.74, 6) is 0. The fraction of sp³-hybridized carbons (Fsp3) is 0.0492. The molecule has 0 bridgehead atoms. The number of benzene rings is 10. The Kier molecular flexibility index (Phi) is 7.95. The number of nitrogens with zero attached hydrogens (tertiary/aromatic N) is 2. The highest BCUT2D eigenvalue weighted by Crippen LogP contribution is 2.51. The summed E-state index contributed by atoms with van der Waals surface area (Å²) < 4.78 is 9.15. The molecule has 0 fully saturated rings. The molecule has 0 amide bonds. The van der Waals surface area contributed by atoms with E-state index in [0.717, 1.165) is 61.2 Å². The first-order valence-corrected chi connectivity index (χ1v) is 22.2. The Morgan fingerprint density at radius 1 is 0.375 bits per heavy atom. The molecule has 0 saturated carbocycles. The Morgan fingerprint density at radius 3 is 1.72 bits per heavy atom. The highest BCUT2D eigenvalue weighted by molar-refractivity contribution is 6.17. The number of hydrogen-bond donors (Lipinski definition) is 0. The Balaban J connectivity index is 0.912. The van der Waals surface area contributed by atoms with Crippen LogP contribution in [0.4, 0.5) is 17.1 Å². The number of hydrogen-bond acceptors (Lipinski definition) is 2. The minimum Gasteiger partial charge on any atom is -0.455 e. The van der Waals surface area contributed by atoms with Gasteiger partial charge in [0.05, 0.1) is 11.0 Å². The van der Waals surface area contributed by atoms with Gasteiger partial charge in [0, 0.05) is 60.7 Å². The number of para-hydroxylation sites is 3. The van der Waals surface area contributed by atoms with Crippen molar-refractivity contribution in [3.8, 4) is 39.1 Å². The van der Waals surface area contributed by atoms with Crippen molar-refractivity contribution in [2.24, 2.45) is 0 Å². The lowest BCUT2D eigenvalue weighted by Gasteiger charge is -2.28. The Hall–Kier alpha value is -8.14. The molecule has 0 atom stereocenters. The van der Waals surface area contributed by atoms with Gasteiger partial charge in [-0.3, -0.25) is 0 Å². The molecule has 0 unspecified atom stereocenters. The maximum absolute atomic E-state index is 6.76. The lowest BCUT2D eigenvalue weighted by Crippen LogP contribution is -2.16. The van der Waals surface area contributed by atoms with Crippen LogP contribution in [0.1, 0.15) is 25.0 Å². The van der Waals surface area contributed by atoms with Crippen LogP contribution in [0, 0.1) is 0 Å². The van der Waals surface area contributed by atoms with E-state index in [2.05, 4.69) is 242 Å². The Morgan fingerprint density at radius 2 is 0.953 bits per heavy atom. The summed E-state index contributed by atoms with van der Waals surface area (Å²) in [5.41, 5.74) is 18.5. The van der Waals surface area contributed by atoms with Crippen molar-refractivity contribution in [1.29, 1.82) is 0 Å². The Bertz CT molecular complexity index is 3760. The number of rotatable bonds is 6. The first-order chi connectivity index (χ1) is 31.5. The fourth-order valence-corrected chi connectivity index (χ4v) is 10.7. The van der Waals surface area contributed by atoms with Crippen molar-refractivity contribution < 1.29 is 4.42 Å². The second-order valence-electron chi connectivity index (χ2n) is 17.7. The lowest BCUT2D eigenvalue weighted by atomic mass is 9.82. The molecule has 64 heavy (non-hydrogen) atoms. The third kappa shape index (κ3) is 5.47. The fourth-order valence-electron chi connectivity index (χ4n) is 10.7. The van der Waals surface area contributed by atoms with E-state index in [9.17, 15) is 0 Å². The van der Waals surface area contributed by atoms with E-state index in [1.807, 2.05) is 0 Å². The molecule has 0 N–H and O–H groups in total. The van der Waals surface area contributed by atoms with Gasteiger partial charge < -0.3 is 13.9 Å². The molecule has 10 aromatic carbocycles. The van der Waals surface area contributed by atoms with E-state index >= 15 is 0 Å². The molecule has 1 aliphatic rings. The standard InChI is InChI=1S/C61H42N2O/c1-61(2)55-22-8-5-17-49(55)50-36-34-46(38-56(50)61)62(44-32-27-41(28-33-44)48-20-12-21-53-54-35-29-40-13-3-4-16-47(40)60(54)64-59(48)53)43-30-25-39(26-31-43)42-14-11-15-45(37-42)63-57-23-9-6-18-51(57)52-19-7-10-24-58(52)63/h3-38H,1-2H3. The summed E-state index contributed by atoms with van der Waals surface area (Å²) in [4.78, 5) is 2.40. The van der Waals surface area contributed by atoms with E-state index in [4.69, 9.17) is 4.42 Å². The van der Waals surface area contributed by atoms with Gasteiger partial charge in [-0.25, -0.2) is 0 Å². The summed E-state index contributed by atoms with van der Waals surface area (Å²) in [6, 6.07) is 79.6. The zero-order chi connectivity index (χ0) is 42.5. The molecule has 302 valence electrons. The molecule has 2 aromatic heterocycles. The molecule has 3 heteroatoms. The van der Waals surface area contributed by atoms with E-state index in [-0.39, 0.29) is 5.41 Å². The van der Waals surface area contributed by atoms with Gasteiger partial charge in [-0.05, 0) is 111 Å².